The van der Waals surface area contributed by atoms with Crippen LogP contribution in [0.4, 0.5) is 0 Å². The molecule has 0 aromatic heterocycles. The lowest BCUT2D eigenvalue weighted by Gasteiger charge is -2.38. The first kappa shape index (κ1) is 22.6. The standard InChI is InChI=1S/C26H32N2O3/c1-4-17-27(18-22-11-6-5-7-12-22)26(30)23-13-15-24(16-14-23)31-19-25(29)28-20(2)9-8-10-21(28)3/h4-7,11-16,20-21H,1,8-10,17-19H2,2-3H3. The molecule has 1 saturated heterocycles. The van der Waals surface area contributed by atoms with Crippen molar-refractivity contribution in [2.24, 2.45) is 0 Å². The van der Waals surface area contributed by atoms with Crippen LogP contribution in [0, 0.1) is 0 Å². The van der Waals surface area contributed by atoms with Crippen molar-refractivity contribution in [1.82, 2.24) is 9.80 Å². The molecule has 1 aliphatic heterocycles. The zero-order valence-electron chi connectivity index (χ0n) is 18.5. The van der Waals surface area contributed by atoms with Gasteiger partial charge in [-0.05, 0) is 62.9 Å². The van der Waals surface area contributed by atoms with Crippen molar-refractivity contribution < 1.29 is 14.3 Å². The number of likely N-dealkylation sites (tertiary alicyclic amines) is 1. The minimum Gasteiger partial charge on any atom is -0.484 e. The third-order valence-electron chi connectivity index (χ3n) is 5.80. The molecule has 0 N–H and O–H groups in total. The molecule has 2 aromatic carbocycles. The molecule has 2 amide bonds. The van der Waals surface area contributed by atoms with Gasteiger partial charge in [-0.1, -0.05) is 36.4 Å². The number of piperidine rings is 1. The SMILES string of the molecule is C=CCN(Cc1ccccc1)C(=O)c1ccc(OCC(=O)N2C(C)CCCC2C)cc1. The smallest absolute Gasteiger partial charge is 0.260 e. The highest BCUT2D eigenvalue weighted by molar-refractivity contribution is 5.94. The summed E-state index contributed by atoms with van der Waals surface area (Å²) in [6.45, 7) is 8.96. The van der Waals surface area contributed by atoms with E-state index in [0.717, 1.165) is 24.8 Å². The third kappa shape index (κ3) is 5.97. The van der Waals surface area contributed by atoms with Crippen molar-refractivity contribution in [3.8, 4) is 5.75 Å². The zero-order chi connectivity index (χ0) is 22.2. The predicted octanol–water partition coefficient (Wildman–Crippen LogP) is 4.68. The van der Waals surface area contributed by atoms with E-state index in [1.54, 1.807) is 35.2 Å². The first-order chi connectivity index (χ1) is 15.0. The van der Waals surface area contributed by atoms with Crippen LogP contribution in [0.15, 0.2) is 67.3 Å². The summed E-state index contributed by atoms with van der Waals surface area (Å²) in [5.41, 5.74) is 1.65. The lowest BCUT2D eigenvalue weighted by Crippen LogP contribution is -2.49. The van der Waals surface area contributed by atoms with Crippen LogP contribution >= 0.6 is 0 Å². The van der Waals surface area contributed by atoms with Gasteiger partial charge in [0.1, 0.15) is 5.75 Å². The molecule has 5 heteroatoms. The van der Waals surface area contributed by atoms with Gasteiger partial charge >= 0.3 is 0 Å². The Morgan fingerprint density at radius 2 is 1.71 bits per heavy atom. The van der Waals surface area contributed by atoms with Crippen LogP contribution in [0.5, 0.6) is 5.75 Å². The van der Waals surface area contributed by atoms with Crippen LogP contribution in [-0.2, 0) is 11.3 Å². The first-order valence-electron chi connectivity index (χ1n) is 11.0. The van der Waals surface area contributed by atoms with Gasteiger partial charge in [0.2, 0.25) is 0 Å². The van der Waals surface area contributed by atoms with Crippen LogP contribution in [-0.4, -0.2) is 46.8 Å². The fraction of sp³-hybridized carbons (Fsp3) is 0.385. The van der Waals surface area contributed by atoms with Gasteiger partial charge in [0, 0.05) is 30.7 Å². The summed E-state index contributed by atoms with van der Waals surface area (Å²) in [5.74, 6) is 0.530. The number of hydrogen-bond acceptors (Lipinski definition) is 3. The number of rotatable bonds is 8. The fourth-order valence-corrected chi connectivity index (χ4v) is 4.19. The van der Waals surface area contributed by atoms with Crippen LogP contribution in [0.3, 0.4) is 0 Å². The van der Waals surface area contributed by atoms with E-state index in [1.165, 1.54) is 0 Å². The quantitative estimate of drug-likeness (QED) is 0.583. The molecule has 0 radical (unpaired) electrons. The average Bonchev–Trinajstić information content (AvgIpc) is 2.78. The summed E-state index contributed by atoms with van der Waals surface area (Å²) < 4.78 is 5.72. The van der Waals surface area contributed by atoms with Crippen molar-refractivity contribution in [2.75, 3.05) is 13.2 Å². The number of carbonyl (C=O) groups is 2. The Bertz CT molecular complexity index is 869. The van der Waals surface area contributed by atoms with Gasteiger partial charge in [-0.2, -0.15) is 0 Å². The Morgan fingerprint density at radius 1 is 1.06 bits per heavy atom. The molecule has 1 fully saturated rings. The normalized spacial score (nSPS) is 18.3. The van der Waals surface area contributed by atoms with Crippen molar-refractivity contribution in [2.45, 2.75) is 51.7 Å². The van der Waals surface area contributed by atoms with Gasteiger partial charge in [-0.25, -0.2) is 0 Å². The van der Waals surface area contributed by atoms with Crippen molar-refractivity contribution in [3.05, 3.63) is 78.4 Å². The van der Waals surface area contributed by atoms with Crippen LogP contribution in [0.1, 0.15) is 49.0 Å². The molecule has 0 aliphatic carbocycles. The fourth-order valence-electron chi connectivity index (χ4n) is 4.19. The molecule has 31 heavy (non-hydrogen) atoms. The number of benzene rings is 2. The summed E-state index contributed by atoms with van der Waals surface area (Å²) in [5, 5.41) is 0. The summed E-state index contributed by atoms with van der Waals surface area (Å²) >= 11 is 0. The molecule has 2 atom stereocenters. The molecule has 0 spiro atoms. The maximum atomic E-state index is 13.0. The summed E-state index contributed by atoms with van der Waals surface area (Å²) in [7, 11) is 0. The Morgan fingerprint density at radius 3 is 2.32 bits per heavy atom. The van der Waals surface area contributed by atoms with E-state index in [-0.39, 0.29) is 30.5 Å². The largest absolute Gasteiger partial charge is 0.484 e. The molecule has 0 bridgehead atoms. The molecule has 3 rings (SSSR count). The highest BCUT2D eigenvalue weighted by Crippen LogP contribution is 2.23. The molecule has 1 heterocycles. The second kappa shape index (κ2) is 10.8. The Hall–Kier alpha value is -3.08. The van der Waals surface area contributed by atoms with E-state index in [1.807, 2.05) is 35.2 Å². The summed E-state index contributed by atoms with van der Waals surface area (Å²) in [6, 6.07) is 17.4. The second-order valence-electron chi connectivity index (χ2n) is 8.20. The van der Waals surface area contributed by atoms with E-state index < -0.39 is 0 Å². The van der Waals surface area contributed by atoms with Crippen LogP contribution < -0.4 is 4.74 Å². The van der Waals surface area contributed by atoms with E-state index in [9.17, 15) is 9.59 Å². The lowest BCUT2D eigenvalue weighted by atomic mass is 9.97. The van der Waals surface area contributed by atoms with Gasteiger partial charge < -0.3 is 14.5 Å². The van der Waals surface area contributed by atoms with Gasteiger partial charge in [-0.15, -0.1) is 6.58 Å². The molecule has 164 valence electrons. The Kier molecular flexibility index (Phi) is 7.88. The monoisotopic (exact) mass is 420 g/mol. The maximum Gasteiger partial charge on any atom is 0.260 e. The highest BCUT2D eigenvalue weighted by Gasteiger charge is 2.29. The molecule has 2 aromatic rings. The zero-order valence-corrected chi connectivity index (χ0v) is 18.5. The van der Waals surface area contributed by atoms with Gasteiger partial charge in [0.25, 0.3) is 11.8 Å². The van der Waals surface area contributed by atoms with E-state index in [4.69, 9.17) is 4.74 Å². The molecule has 2 unspecified atom stereocenters. The topological polar surface area (TPSA) is 49.9 Å². The van der Waals surface area contributed by atoms with Crippen LogP contribution in [0.25, 0.3) is 0 Å². The van der Waals surface area contributed by atoms with Crippen molar-refractivity contribution in [1.29, 1.82) is 0 Å². The molecule has 5 nitrogen and oxygen atoms in total. The molecule has 1 aliphatic rings. The predicted molar refractivity (Wildman–Crippen MR) is 123 cm³/mol. The Balaban J connectivity index is 1.60. The summed E-state index contributed by atoms with van der Waals surface area (Å²) in [6.07, 6.45) is 4.97. The Labute approximate surface area is 185 Å². The van der Waals surface area contributed by atoms with E-state index >= 15 is 0 Å². The van der Waals surface area contributed by atoms with Gasteiger partial charge in [0.15, 0.2) is 6.61 Å². The molecular formula is C26H32N2O3. The minimum atomic E-state index is -0.0673. The first-order valence-corrected chi connectivity index (χ1v) is 11.0. The lowest BCUT2D eigenvalue weighted by molar-refractivity contribution is -0.139. The summed E-state index contributed by atoms with van der Waals surface area (Å²) in [4.78, 5) is 29.3. The molecule has 0 saturated carbocycles. The van der Waals surface area contributed by atoms with Gasteiger partial charge in [0.05, 0.1) is 0 Å². The number of hydrogen-bond donors (Lipinski definition) is 0. The van der Waals surface area contributed by atoms with Crippen molar-refractivity contribution >= 4 is 11.8 Å². The highest BCUT2D eigenvalue weighted by atomic mass is 16.5. The number of amides is 2. The van der Waals surface area contributed by atoms with Gasteiger partial charge in [-0.3, -0.25) is 9.59 Å². The third-order valence-corrected chi connectivity index (χ3v) is 5.80. The number of ether oxygens (including phenoxy) is 1. The maximum absolute atomic E-state index is 13.0. The second-order valence-corrected chi connectivity index (χ2v) is 8.20. The number of nitrogens with zero attached hydrogens (tertiary/aromatic N) is 2. The van der Waals surface area contributed by atoms with Crippen LogP contribution in [0.2, 0.25) is 0 Å². The average molecular weight is 421 g/mol. The van der Waals surface area contributed by atoms with E-state index in [2.05, 4.69) is 20.4 Å². The molecular weight excluding hydrogens is 388 g/mol. The van der Waals surface area contributed by atoms with Crippen molar-refractivity contribution in [3.63, 3.8) is 0 Å². The van der Waals surface area contributed by atoms with E-state index in [0.29, 0.717) is 24.4 Å². The minimum absolute atomic E-state index is 0.0125. The number of carbonyl (C=O) groups excluding carboxylic acids is 2.